The number of nitrogens with one attached hydrogen (secondary N) is 1. The fourth-order valence-corrected chi connectivity index (χ4v) is 1.56. The van der Waals surface area contributed by atoms with Gasteiger partial charge in [0.25, 0.3) is 5.91 Å². The number of amides is 1. The molecule has 1 aromatic carbocycles. The molecule has 0 fully saturated rings. The van der Waals surface area contributed by atoms with E-state index in [9.17, 15) is 4.79 Å². The number of nitrogens with two attached hydrogens (primary N) is 1. The number of rotatable bonds is 2. The van der Waals surface area contributed by atoms with Crippen molar-refractivity contribution >= 4 is 29.0 Å². The van der Waals surface area contributed by atoms with Crippen LogP contribution in [-0.2, 0) is 0 Å². The maximum absolute atomic E-state index is 11.9. The zero-order valence-corrected chi connectivity index (χ0v) is 10.5. The van der Waals surface area contributed by atoms with Gasteiger partial charge in [-0.25, -0.2) is 4.98 Å². The van der Waals surface area contributed by atoms with E-state index in [0.717, 1.165) is 0 Å². The number of pyridine rings is 1. The van der Waals surface area contributed by atoms with Crippen LogP contribution in [0.1, 0.15) is 16.1 Å². The molecule has 0 aliphatic carbocycles. The molecule has 1 heterocycles. The second-order valence-electron chi connectivity index (χ2n) is 3.83. The third kappa shape index (κ3) is 2.78. The van der Waals surface area contributed by atoms with Crippen LogP contribution in [0.3, 0.4) is 0 Å². The molecule has 0 atom stereocenters. The summed E-state index contributed by atoms with van der Waals surface area (Å²) in [6, 6.07) is 10.0. The van der Waals surface area contributed by atoms with Gasteiger partial charge in [0.2, 0.25) is 0 Å². The van der Waals surface area contributed by atoms with E-state index >= 15 is 0 Å². The number of carbonyl (C=O) groups excluding carboxylic acids is 1. The highest BCUT2D eigenvalue weighted by Gasteiger charge is 2.07. The summed E-state index contributed by atoms with van der Waals surface area (Å²) in [5, 5.41) is 3.29. The van der Waals surface area contributed by atoms with Crippen molar-refractivity contribution in [1.29, 1.82) is 0 Å². The molecule has 3 N–H and O–H groups in total. The van der Waals surface area contributed by atoms with E-state index in [2.05, 4.69) is 10.3 Å². The quantitative estimate of drug-likeness (QED) is 0.873. The van der Waals surface area contributed by atoms with Crippen molar-refractivity contribution in [2.45, 2.75) is 6.92 Å². The normalized spacial score (nSPS) is 10.1. The molecule has 0 spiro atoms. The Kier molecular flexibility index (Phi) is 3.48. The molecule has 5 heteroatoms. The minimum atomic E-state index is -0.233. The molecule has 0 bridgehead atoms. The maximum Gasteiger partial charge on any atom is 0.256 e. The first kappa shape index (κ1) is 12.4. The van der Waals surface area contributed by atoms with Crippen LogP contribution in [0.5, 0.6) is 0 Å². The van der Waals surface area contributed by atoms with Gasteiger partial charge in [-0.05, 0) is 43.3 Å². The van der Waals surface area contributed by atoms with E-state index in [4.69, 9.17) is 17.3 Å². The van der Waals surface area contributed by atoms with Crippen LogP contribution in [-0.4, -0.2) is 10.9 Å². The lowest BCUT2D eigenvalue weighted by atomic mass is 10.2. The number of hydrogen-bond donors (Lipinski definition) is 2. The molecular formula is C13H12ClN3O. The number of halogens is 1. The van der Waals surface area contributed by atoms with Crippen molar-refractivity contribution in [3.63, 3.8) is 0 Å². The van der Waals surface area contributed by atoms with Gasteiger partial charge in [-0.2, -0.15) is 0 Å². The average molecular weight is 262 g/mol. The van der Waals surface area contributed by atoms with Gasteiger partial charge in [-0.15, -0.1) is 0 Å². The van der Waals surface area contributed by atoms with Crippen LogP contribution in [0.2, 0.25) is 5.02 Å². The van der Waals surface area contributed by atoms with Crippen LogP contribution in [0.15, 0.2) is 36.4 Å². The van der Waals surface area contributed by atoms with Crippen molar-refractivity contribution in [2.24, 2.45) is 0 Å². The molecule has 0 unspecified atom stereocenters. The number of aryl methyl sites for hydroxylation is 1. The highest BCUT2D eigenvalue weighted by atomic mass is 35.5. The highest BCUT2D eigenvalue weighted by Crippen LogP contribution is 2.14. The number of carbonyl (C=O) groups is 1. The van der Waals surface area contributed by atoms with E-state index in [1.54, 1.807) is 43.3 Å². The predicted molar refractivity (Wildman–Crippen MR) is 72.8 cm³/mol. The average Bonchev–Trinajstić information content (AvgIpc) is 2.34. The van der Waals surface area contributed by atoms with Crippen molar-refractivity contribution in [1.82, 2.24) is 4.98 Å². The Labute approximate surface area is 110 Å². The summed E-state index contributed by atoms with van der Waals surface area (Å²) in [6.07, 6.45) is 0. The number of benzene rings is 1. The summed E-state index contributed by atoms with van der Waals surface area (Å²) >= 11 is 5.76. The van der Waals surface area contributed by atoms with Crippen LogP contribution in [0.25, 0.3) is 0 Å². The summed E-state index contributed by atoms with van der Waals surface area (Å²) in [4.78, 5) is 16.1. The Hall–Kier alpha value is -2.07. The van der Waals surface area contributed by atoms with Gasteiger partial charge in [0.15, 0.2) is 0 Å². The lowest BCUT2D eigenvalue weighted by Gasteiger charge is -2.06. The lowest BCUT2D eigenvalue weighted by Crippen LogP contribution is -2.13. The van der Waals surface area contributed by atoms with E-state index in [-0.39, 0.29) is 5.91 Å². The number of hydrogen-bond acceptors (Lipinski definition) is 3. The zero-order valence-electron chi connectivity index (χ0n) is 9.77. The summed E-state index contributed by atoms with van der Waals surface area (Å²) in [5.74, 6) is 0.241. The Balaban J connectivity index is 2.16. The van der Waals surface area contributed by atoms with Gasteiger partial charge in [0, 0.05) is 10.6 Å². The molecule has 0 aliphatic rings. The Morgan fingerprint density at radius 1 is 1.22 bits per heavy atom. The minimum Gasteiger partial charge on any atom is -0.397 e. The molecule has 1 amide bonds. The van der Waals surface area contributed by atoms with Gasteiger partial charge >= 0.3 is 0 Å². The summed E-state index contributed by atoms with van der Waals surface area (Å²) in [5.41, 5.74) is 7.46. The molecule has 92 valence electrons. The number of nitrogen functional groups attached to an aromatic ring is 1. The Morgan fingerprint density at radius 2 is 1.89 bits per heavy atom. The number of nitrogens with zero attached hydrogens (tertiary/aromatic N) is 1. The van der Waals surface area contributed by atoms with Crippen LogP contribution in [0.4, 0.5) is 11.5 Å². The lowest BCUT2D eigenvalue weighted by molar-refractivity contribution is 0.102. The SMILES string of the molecule is Cc1nc(NC(=O)c2ccc(Cl)cc2)ccc1N. The van der Waals surface area contributed by atoms with Gasteiger partial charge in [-0.1, -0.05) is 11.6 Å². The standard InChI is InChI=1S/C13H12ClN3O/c1-8-11(15)6-7-12(16-8)17-13(18)9-2-4-10(14)5-3-9/h2-7H,15H2,1H3,(H,16,17,18). The van der Waals surface area contributed by atoms with Crippen LogP contribution >= 0.6 is 11.6 Å². The topological polar surface area (TPSA) is 68.0 Å². The van der Waals surface area contributed by atoms with Crippen molar-refractivity contribution in [2.75, 3.05) is 11.1 Å². The monoisotopic (exact) mass is 261 g/mol. The fourth-order valence-electron chi connectivity index (χ4n) is 1.43. The maximum atomic E-state index is 11.9. The second kappa shape index (κ2) is 5.06. The molecule has 2 aromatic rings. The zero-order chi connectivity index (χ0) is 13.1. The Morgan fingerprint density at radius 3 is 2.50 bits per heavy atom. The molecule has 18 heavy (non-hydrogen) atoms. The third-order valence-electron chi connectivity index (χ3n) is 2.47. The molecule has 0 saturated carbocycles. The first-order chi connectivity index (χ1) is 8.56. The number of aromatic nitrogens is 1. The van der Waals surface area contributed by atoms with E-state index in [1.165, 1.54) is 0 Å². The van der Waals surface area contributed by atoms with Crippen molar-refractivity contribution in [3.05, 3.63) is 52.7 Å². The van der Waals surface area contributed by atoms with Gasteiger partial charge in [0.05, 0.1) is 11.4 Å². The van der Waals surface area contributed by atoms with Gasteiger partial charge in [0.1, 0.15) is 5.82 Å². The molecule has 0 radical (unpaired) electrons. The van der Waals surface area contributed by atoms with Gasteiger partial charge < -0.3 is 11.1 Å². The molecule has 1 aromatic heterocycles. The number of anilines is 2. The summed E-state index contributed by atoms with van der Waals surface area (Å²) in [6.45, 7) is 1.78. The van der Waals surface area contributed by atoms with Gasteiger partial charge in [-0.3, -0.25) is 4.79 Å². The molecule has 4 nitrogen and oxygen atoms in total. The second-order valence-corrected chi connectivity index (χ2v) is 4.27. The smallest absolute Gasteiger partial charge is 0.256 e. The van der Waals surface area contributed by atoms with Crippen LogP contribution < -0.4 is 11.1 Å². The fraction of sp³-hybridized carbons (Fsp3) is 0.0769. The summed E-state index contributed by atoms with van der Waals surface area (Å²) in [7, 11) is 0. The first-order valence-electron chi connectivity index (χ1n) is 5.36. The Bertz CT molecular complexity index is 581. The van der Waals surface area contributed by atoms with Crippen molar-refractivity contribution in [3.8, 4) is 0 Å². The minimum absolute atomic E-state index is 0.233. The molecule has 2 rings (SSSR count). The van der Waals surface area contributed by atoms with E-state index in [0.29, 0.717) is 27.8 Å². The summed E-state index contributed by atoms with van der Waals surface area (Å²) < 4.78 is 0. The van der Waals surface area contributed by atoms with E-state index < -0.39 is 0 Å². The third-order valence-corrected chi connectivity index (χ3v) is 2.73. The molecule has 0 aliphatic heterocycles. The largest absolute Gasteiger partial charge is 0.397 e. The van der Waals surface area contributed by atoms with Crippen molar-refractivity contribution < 1.29 is 4.79 Å². The first-order valence-corrected chi connectivity index (χ1v) is 5.74. The van der Waals surface area contributed by atoms with Crippen LogP contribution in [0, 0.1) is 6.92 Å². The highest BCUT2D eigenvalue weighted by molar-refractivity contribution is 6.30. The molecule has 0 saturated heterocycles. The predicted octanol–water partition coefficient (Wildman–Crippen LogP) is 2.88. The molecular weight excluding hydrogens is 250 g/mol. The van der Waals surface area contributed by atoms with E-state index in [1.807, 2.05) is 0 Å².